The number of halogens is 3. The van der Waals surface area contributed by atoms with E-state index in [9.17, 15) is 27.9 Å². The Morgan fingerprint density at radius 1 is 1.39 bits per heavy atom. The van der Waals surface area contributed by atoms with Crippen molar-refractivity contribution in [2.24, 2.45) is 5.92 Å². The Labute approximate surface area is 131 Å². The molecule has 0 aromatic carbocycles. The first-order valence-electron chi connectivity index (χ1n) is 7.38. The van der Waals surface area contributed by atoms with Gasteiger partial charge < -0.3 is 14.6 Å². The summed E-state index contributed by atoms with van der Waals surface area (Å²) in [6, 6.07) is 3.31. The summed E-state index contributed by atoms with van der Waals surface area (Å²) < 4.78 is 38.8. The number of pyridine rings is 1. The molecule has 1 amide bonds. The van der Waals surface area contributed by atoms with Gasteiger partial charge in [-0.15, -0.1) is 0 Å². The third-order valence-corrected chi connectivity index (χ3v) is 4.19. The molecule has 1 fully saturated rings. The molecule has 2 heterocycles. The molecule has 23 heavy (non-hydrogen) atoms. The first-order chi connectivity index (χ1) is 10.7. The second kappa shape index (κ2) is 6.74. The topological polar surface area (TPSA) is 62.5 Å². The number of likely N-dealkylation sites (tertiary alicyclic amines) is 1. The zero-order chi connectivity index (χ0) is 17.2. The van der Waals surface area contributed by atoms with Crippen LogP contribution in [0.5, 0.6) is 0 Å². The minimum Gasteiger partial charge on any atom is -0.383 e. The van der Waals surface area contributed by atoms with Gasteiger partial charge in [0.2, 0.25) is 5.91 Å². The summed E-state index contributed by atoms with van der Waals surface area (Å²) in [6.45, 7) is 1.81. The van der Waals surface area contributed by atoms with Crippen molar-refractivity contribution in [3.63, 3.8) is 0 Å². The summed E-state index contributed by atoms with van der Waals surface area (Å²) in [6.07, 6.45) is -5.29. The number of amides is 1. The molecule has 1 aliphatic rings. The fraction of sp³-hybridized carbons (Fsp3) is 0.600. The van der Waals surface area contributed by atoms with Crippen LogP contribution in [-0.2, 0) is 11.3 Å². The van der Waals surface area contributed by atoms with Crippen molar-refractivity contribution in [2.75, 3.05) is 13.1 Å². The lowest BCUT2D eigenvalue weighted by Gasteiger charge is -2.34. The van der Waals surface area contributed by atoms with Gasteiger partial charge in [-0.05, 0) is 31.7 Å². The van der Waals surface area contributed by atoms with E-state index in [0.717, 1.165) is 0 Å². The zero-order valence-electron chi connectivity index (χ0n) is 12.7. The largest absolute Gasteiger partial charge is 0.414 e. The molecule has 2 rings (SSSR count). The van der Waals surface area contributed by atoms with Crippen LogP contribution in [0.3, 0.4) is 0 Å². The number of hydrogen-bond acceptors (Lipinski definition) is 3. The van der Waals surface area contributed by atoms with Crippen LogP contribution in [-0.4, -0.2) is 45.9 Å². The number of piperidine rings is 1. The Morgan fingerprint density at radius 3 is 2.57 bits per heavy atom. The molecule has 5 nitrogen and oxygen atoms in total. The van der Waals surface area contributed by atoms with E-state index >= 15 is 0 Å². The molecule has 8 heteroatoms. The van der Waals surface area contributed by atoms with Crippen LogP contribution in [0.2, 0.25) is 0 Å². The maximum absolute atomic E-state index is 12.5. The van der Waals surface area contributed by atoms with E-state index in [4.69, 9.17) is 0 Å². The van der Waals surface area contributed by atoms with Crippen LogP contribution in [0.25, 0.3) is 0 Å². The Morgan fingerprint density at radius 2 is 2.00 bits per heavy atom. The minimum atomic E-state index is -4.63. The van der Waals surface area contributed by atoms with Crippen molar-refractivity contribution in [3.8, 4) is 0 Å². The summed E-state index contributed by atoms with van der Waals surface area (Å²) in [4.78, 5) is 25.5. The van der Waals surface area contributed by atoms with E-state index in [1.807, 2.05) is 0 Å². The standard InChI is InChI=1S/C15H19F3N2O3/c1-10-3-2-6-20(14(10)23)9-12(21)19-7-4-11(5-8-19)13(22)15(16,17)18/h2-3,6,11,13,22H,4-5,7-9H2,1H3. The molecule has 1 aliphatic heterocycles. The maximum atomic E-state index is 12.5. The average Bonchev–Trinajstić information content (AvgIpc) is 2.50. The number of rotatable bonds is 3. The van der Waals surface area contributed by atoms with Crippen molar-refractivity contribution >= 4 is 5.91 Å². The highest BCUT2D eigenvalue weighted by molar-refractivity contribution is 5.76. The molecule has 1 unspecified atom stereocenters. The maximum Gasteiger partial charge on any atom is 0.414 e. The van der Waals surface area contributed by atoms with Gasteiger partial charge in [0.15, 0.2) is 6.10 Å². The number of nitrogens with zero attached hydrogens (tertiary/aromatic N) is 2. The molecular formula is C15H19F3N2O3. The zero-order valence-corrected chi connectivity index (χ0v) is 12.7. The Bertz CT molecular complexity index is 619. The number of aromatic nitrogens is 1. The number of carbonyl (C=O) groups is 1. The predicted octanol–water partition coefficient (Wildman–Crippen LogP) is 1.32. The molecule has 1 atom stereocenters. The lowest BCUT2D eigenvalue weighted by atomic mass is 9.91. The normalized spacial score (nSPS) is 18.0. The van der Waals surface area contributed by atoms with Gasteiger partial charge in [-0.25, -0.2) is 0 Å². The lowest BCUT2D eigenvalue weighted by molar-refractivity contribution is -0.222. The Kier molecular flexibility index (Phi) is 5.13. The molecule has 1 N–H and O–H groups in total. The molecular weight excluding hydrogens is 313 g/mol. The van der Waals surface area contributed by atoms with Gasteiger partial charge in [0.25, 0.3) is 5.56 Å². The van der Waals surface area contributed by atoms with Gasteiger partial charge in [0.05, 0.1) is 0 Å². The van der Waals surface area contributed by atoms with Gasteiger partial charge in [-0.3, -0.25) is 9.59 Å². The second-order valence-electron chi connectivity index (χ2n) is 5.83. The van der Waals surface area contributed by atoms with E-state index in [0.29, 0.717) is 5.56 Å². The SMILES string of the molecule is Cc1cccn(CC(=O)N2CCC(C(O)C(F)(F)F)CC2)c1=O. The van der Waals surface area contributed by atoms with Crippen molar-refractivity contribution in [3.05, 3.63) is 34.2 Å². The number of aliphatic hydroxyl groups excluding tert-OH is 1. The molecule has 1 saturated heterocycles. The summed E-state index contributed by atoms with van der Waals surface area (Å²) in [7, 11) is 0. The average molecular weight is 332 g/mol. The van der Waals surface area contributed by atoms with Crippen LogP contribution in [0.4, 0.5) is 13.2 Å². The van der Waals surface area contributed by atoms with Crippen molar-refractivity contribution in [2.45, 2.75) is 38.6 Å². The first-order valence-corrected chi connectivity index (χ1v) is 7.38. The molecule has 0 bridgehead atoms. The first kappa shape index (κ1) is 17.5. The van der Waals surface area contributed by atoms with Crippen molar-refractivity contribution in [1.29, 1.82) is 0 Å². The number of alkyl halides is 3. The van der Waals surface area contributed by atoms with E-state index in [1.165, 1.54) is 15.7 Å². The molecule has 0 radical (unpaired) electrons. The Hall–Kier alpha value is -1.83. The molecule has 0 saturated carbocycles. The van der Waals surface area contributed by atoms with Crippen molar-refractivity contribution in [1.82, 2.24) is 9.47 Å². The number of aryl methyl sites for hydroxylation is 1. The van der Waals surface area contributed by atoms with Gasteiger partial charge >= 0.3 is 6.18 Å². The van der Waals surface area contributed by atoms with Crippen molar-refractivity contribution < 1.29 is 23.1 Å². The fourth-order valence-electron chi connectivity index (χ4n) is 2.76. The summed E-state index contributed by atoms with van der Waals surface area (Å²) in [5.74, 6) is -1.20. The quantitative estimate of drug-likeness (QED) is 0.908. The molecule has 0 spiro atoms. The molecule has 128 valence electrons. The number of hydrogen-bond donors (Lipinski definition) is 1. The molecule has 0 aliphatic carbocycles. The monoisotopic (exact) mass is 332 g/mol. The fourth-order valence-corrected chi connectivity index (χ4v) is 2.76. The van der Waals surface area contributed by atoms with E-state index < -0.39 is 18.2 Å². The lowest BCUT2D eigenvalue weighted by Crippen LogP contribution is -2.46. The van der Waals surface area contributed by atoms with Crippen LogP contribution in [0.15, 0.2) is 23.1 Å². The summed E-state index contributed by atoms with van der Waals surface area (Å²) in [5, 5.41) is 9.26. The molecule has 1 aromatic heterocycles. The highest BCUT2D eigenvalue weighted by Crippen LogP contribution is 2.31. The van der Waals surface area contributed by atoms with Gasteiger partial charge in [0, 0.05) is 24.8 Å². The van der Waals surface area contributed by atoms with Crippen LogP contribution in [0.1, 0.15) is 18.4 Å². The predicted molar refractivity (Wildman–Crippen MR) is 76.8 cm³/mol. The van der Waals surface area contributed by atoms with E-state index in [-0.39, 0.29) is 43.9 Å². The highest BCUT2D eigenvalue weighted by atomic mass is 19.4. The van der Waals surface area contributed by atoms with Crippen LogP contribution < -0.4 is 5.56 Å². The third-order valence-electron chi connectivity index (χ3n) is 4.19. The summed E-state index contributed by atoms with van der Waals surface area (Å²) in [5.41, 5.74) is 0.260. The number of carbonyl (C=O) groups excluding carboxylic acids is 1. The van der Waals surface area contributed by atoms with Crippen LogP contribution in [0, 0.1) is 12.8 Å². The second-order valence-corrected chi connectivity index (χ2v) is 5.83. The Balaban J connectivity index is 1.94. The minimum absolute atomic E-state index is 0.0924. The van der Waals surface area contributed by atoms with Gasteiger partial charge in [0.1, 0.15) is 6.54 Å². The third kappa shape index (κ3) is 4.13. The summed E-state index contributed by atoms with van der Waals surface area (Å²) >= 11 is 0. The smallest absolute Gasteiger partial charge is 0.383 e. The van der Waals surface area contributed by atoms with Crippen LogP contribution >= 0.6 is 0 Å². The van der Waals surface area contributed by atoms with E-state index in [1.54, 1.807) is 19.1 Å². The number of aliphatic hydroxyl groups is 1. The van der Waals surface area contributed by atoms with E-state index in [2.05, 4.69) is 0 Å². The van der Waals surface area contributed by atoms with Gasteiger partial charge in [-0.1, -0.05) is 6.07 Å². The molecule has 1 aromatic rings. The highest BCUT2D eigenvalue weighted by Gasteiger charge is 2.44. The van der Waals surface area contributed by atoms with Gasteiger partial charge in [-0.2, -0.15) is 13.2 Å².